The molecule has 0 unspecified atom stereocenters. The van der Waals surface area contributed by atoms with Crippen LogP contribution in [0.4, 0.5) is 0 Å². The second-order valence-electron chi connectivity index (χ2n) is 5.78. The van der Waals surface area contributed by atoms with Crippen LogP contribution in [-0.4, -0.2) is 17.6 Å². The van der Waals surface area contributed by atoms with Gasteiger partial charge in [-0.3, -0.25) is 10.1 Å². The van der Waals surface area contributed by atoms with Crippen molar-refractivity contribution in [2.45, 2.75) is 31.4 Å². The average Bonchev–Trinajstić information content (AvgIpc) is 2.55. The molecule has 0 spiro atoms. The zero-order chi connectivity index (χ0) is 15.5. The first-order valence-corrected chi connectivity index (χ1v) is 7.53. The van der Waals surface area contributed by atoms with E-state index in [0.717, 1.165) is 16.7 Å². The van der Waals surface area contributed by atoms with Crippen LogP contribution < -0.4 is 0 Å². The van der Waals surface area contributed by atoms with Crippen molar-refractivity contribution in [2.24, 2.45) is 0 Å². The highest BCUT2D eigenvalue weighted by Gasteiger charge is 2.44. The summed E-state index contributed by atoms with van der Waals surface area (Å²) in [6.45, 7) is 2.56. The minimum atomic E-state index is -0.751. The van der Waals surface area contributed by atoms with Crippen LogP contribution in [0.5, 0.6) is 0 Å². The lowest BCUT2D eigenvalue weighted by molar-refractivity contribution is -0.546. The topological polar surface area (TPSA) is 52.4 Å². The Bertz CT molecular complexity index is 639. The quantitative estimate of drug-likeness (QED) is 0.638. The van der Waals surface area contributed by atoms with E-state index in [4.69, 9.17) is 4.74 Å². The van der Waals surface area contributed by atoms with E-state index in [9.17, 15) is 10.1 Å². The highest BCUT2D eigenvalue weighted by Crippen LogP contribution is 2.39. The predicted octanol–water partition coefficient (Wildman–Crippen LogP) is 3.89. The summed E-state index contributed by atoms with van der Waals surface area (Å²) in [5.41, 5.74) is 3.06. The molecule has 0 amide bonds. The third-order valence-electron chi connectivity index (χ3n) is 4.33. The molecule has 1 fully saturated rings. The number of rotatable bonds is 3. The molecule has 0 radical (unpaired) electrons. The molecule has 0 N–H and O–H groups in total. The Kier molecular flexibility index (Phi) is 4.20. The number of benzene rings is 2. The molecule has 1 heterocycles. The molecule has 2 aromatic carbocycles. The smallest absolute Gasteiger partial charge is 0.249 e. The van der Waals surface area contributed by atoms with Crippen LogP contribution >= 0.6 is 0 Å². The molecular formula is C18H19NO3. The van der Waals surface area contributed by atoms with Crippen molar-refractivity contribution in [3.63, 3.8) is 0 Å². The summed E-state index contributed by atoms with van der Waals surface area (Å²) in [6, 6.07) is 16.8. The van der Waals surface area contributed by atoms with E-state index in [1.54, 1.807) is 0 Å². The lowest BCUT2D eigenvalue weighted by Gasteiger charge is -2.33. The van der Waals surface area contributed by atoms with Gasteiger partial charge in [0.25, 0.3) is 0 Å². The second kappa shape index (κ2) is 6.28. The van der Waals surface area contributed by atoms with Crippen LogP contribution in [0.15, 0.2) is 54.6 Å². The number of ether oxygens (including phenoxy) is 1. The molecular weight excluding hydrogens is 278 g/mol. The standard InChI is InChI=1S/C18H19NO3/c1-13-7-9-14(10-8-13)16-11-12-22-18(17(16)19(20)21)15-5-3-2-4-6-15/h2-10,16-18H,11-12H2,1H3/t16-,17+,18+/m1/s1. The minimum Gasteiger partial charge on any atom is -0.366 e. The number of hydrogen-bond donors (Lipinski definition) is 0. The molecule has 3 atom stereocenters. The Labute approximate surface area is 129 Å². The number of hydrogen-bond acceptors (Lipinski definition) is 3. The molecule has 4 nitrogen and oxygen atoms in total. The van der Waals surface area contributed by atoms with Crippen LogP contribution in [0, 0.1) is 17.0 Å². The molecule has 1 aliphatic heterocycles. The highest BCUT2D eigenvalue weighted by molar-refractivity contribution is 5.28. The Morgan fingerprint density at radius 2 is 1.73 bits per heavy atom. The van der Waals surface area contributed by atoms with Gasteiger partial charge in [0.15, 0.2) is 6.10 Å². The normalized spacial score (nSPS) is 24.9. The van der Waals surface area contributed by atoms with Gasteiger partial charge in [0.2, 0.25) is 6.04 Å². The van der Waals surface area contributed by atoms with Gasteiger partial charge in [-0.25, -0.2) is 0 Å². The van der Waals surface area contributed by atoms with E-state index in [0.29, 0.717) is 13.0 Å². The molecule has 0 bridgehead atoms. The van der Waals surface area contributed by atoms with E-state index >= 15 is 0 Å². The van der Waals surface area contributed by atoms with Crippen LogP contribution in [0.1, 0.15) is 35.1 Å². The molecule has 1 saturated heterocycles. The summed E-state index contributed by atoms with van der Waals surface area (Å²) in [7, 11) is 0. The van der Waals surface area contributed by atoms with Gasteiger partial charge in [-0.05, 0) is 24.5 Å². The van der Waals surface area contributed by atoms with Crippen LogP contribution in [-0.2, 0) is 4.74 Å². The third kappa shape index (κ3) is 2.88. The molecule has 0 aromatic heterocycles. The molecule has 2 aromatic rings. The number of nitro groups is 1. The van der Waals surface area contributed by atoms with E-state index in [1.165, 1.54) is 0 Å². The number of aryl methyl sites for hydroxylation is 1. The van der Waals surface area contributed by atoms with E-state index in [2.05, 4.69) is 0 Å². The second-order valence-corrected chi connectivity index (χ2v) is 5.78. The highest BCUT2D eigenvalue weighted by atomic mass is 16.6. The Morgan fingerprint density at radius 1 is 1.05 bits per heavy atom. The molecule has 0 aliphatic carbocycles. The van der Waals surface area contributed by atoms with Gasteiger partial charge in [0, 0.05) is 11.5 Å². The fourth-order valence-corrected chi connectivity index (χ4v) is 3.17. The minimum absolute atomic E-state index is 0.116. The summed E-state index contributed by atoms with van der Waals surface area (Å²) < 4.78 is 5.77. The van der Waals surface area contributed by atoms with E-state index in [-0.39, 0.29) is 10.8 Å². The van der Waals surface area contributed by atoms with Crippen LogP contribution in [0.2, 0.25) is 0 Å². The van der Waals surface area contributed by atoms with Gasteiger partial charge < -0.3 is 4.74 Å². The SMILES string of the molecule is Cc1ccc([C@H]2CCO[C@@H](c3ccccc3)[C@H]2[N+](=O)[O-])cc1. The molecule has 22 heavy (non-hydrogen) atoms. The average molecular weight is 297 g/mol. The monoisotopic (exact) mass is 297 g/mol. The lowest BCUT2D eigenvalue weighted by Crippen LogP contribution is -2.39. The maximum Gasteiger partial charge on any atom is 0.249 e. The van der Waals surface area contributed by atoms with Crippen molar-refractivity contribution < 1.29 is 9.66 Å². The Morgan fingerprint density at radius 3 is 2.36 bits per heavy atom. The Balaban J connectivity index is 1.96. The van der Waals surface area contributed by atoms with E-state index < -0.39 is 12.1 Å². The third-order valence-corrected chi connectivity index (χ3v) is 4.33. The van der Waals surface area contributed by atoms with Gasteiger partial charge in [-0.1, -0.05) is 60.2 Å². The fraction of sp³-hybridized carbons (Fsp3) is 0.333. The molecule has 114 valence electrons. The van der Waals surface area contributed by atoms with Crippen molar-refractivity contribution in [3.05, 3.63) is 81.4 Å². The van der Waals surface area contributed by atoms with Crippen molar-refractivity contribution in [2.75, 3.05) is 6.61 Å². The first-order chi connectivity index (χ1) is 10.7. The first kappa shape index (κ1) is 14.7. The molecule has 0 saturated carbocycles. The van der Waals surface area contributed by atoms with Crippen molar-refractivity contribution >= 4 is 0 Å². The van der Waals surface area contributed by atoms with Gasteiger partial charge in [-0.15, -0.1) is 0 Å². The fourth-order valence-electron chi connectivity index (χ4n) is 3.17. The zero-order valence-electron chi connectivity index (χ0n) is 12.5. The summed E-state index contributed by atoms with van der Waals surface area (Å²) in [5, 5.41) is 11.7. The maximum absolute atomic E-state index is 11.7. The summed E-state index contributed by atoms with van der Waals surface area (Å²) >= 11 is 0. The summed E-state index contributed by atoms with van der Waals surface area (Å²) in [4.78, 5) is 11.5. The maximum atomic E-state index is 11.7. The van der Waals surface area contributed by atoms with Crippen molar-refractivity contribution in [3.8, 4) is 0 Å². The van der Waals surface area contributed by atoms with E-state index in [1.807, 2.05) is 61.5 Å². The predicted molar refractivity (Wildman–Crippen MR) is 84.5 cm³/mol. The van der Waals surface area contributed by atoms with Gasteiger partial charge >= 0.3 is 0 Å². The largest absolute Gasteiger partial charge is 0.366 e. The van der Waals surface area contributed by atoms with Crippen LogP contribution in [0.3, 0.4) is 0 Å². The zero-order valence-corrected chi connectivity index (χ0v) is 12.5. The molecule has 4 heteroatoms. The first-order valence-electron chi connectivity index (χ1n) is 7.53. The lowest BCUT2D eigenvalue weighted by atomic mass is 9.82. The number of nitrogens with zero attached hydrogens (tertiary/aromatic N) is 1. The van der Waals surface area contributed by atoms with Crippen molar-refractivity contribution in [1.29, 1.82) is 0 Å². The van der Waals surface area contributed by atoms with Crippen LogP contribution in [0.25, 0.3) is 0 Å². The van der Waals surface area contributed by atoms with Gasteiger partial charge in [0.1, 0.15) is 0 Å². The molecule has 1 aliphatic rings. The molecule has 3 rings (SSSR count). The van der Waals surface area contributed by atoms with Crippen molar-refractivity contribution in [1.82, 2.24) is 0 Å². The summed E-state index contributed by atoms with van der Waals surface area (Å²) in [5.74, 6) is -0.116. The van der Waals surface area contributed by atoms with Gasteiger partial charge in [-0.2, -0.15) is 0 Å². The van der Waals surface area contributed by atoms with Gasteiger partial charge in [0.05, 0.1) is 5.92 Å². The Hall–Kier alpha value is -2.20. The summed E-state index contributed by atoms with van der Waals surface area (Å²) in [6.07, 6.45) is 0.189.